The molecular formula is C12H20N3O4+. The summed E-state index contributed by atoms with van der Waals surface area (Å²) < 4.78 is 8.49. The predicted octanol–water partition coefficient (Wildman–Crippen LogP) is 0.290. The van der Waals surface area contributed by atoms with Crippen molar-refractivity contribution < 1.29 is 24.0 Å². The molecule has 0 aliphatic heterocycles. The first kappa shape index (κ1) is 15.0. The third-order valence-electron chi connectivity index (χ3n) is 2.21. The molecular weight excluding hydrogens is 250 g/mol. The number of aromatic nitrogens is 2. The highest BCUT2D eigenvalue weighted by atomic mass is 16.6. The minimum atomic E-state index is -1.11. The number of carbonyl (C=O) groups excluding carboxylic acids is 1. The molecule has 0 bridgehead atoms. The van der Waals surface area contributed by atoms with Gasteiger partial charge in [-0.05, 0) is 20.8 Å². The number of aryl methyl sites for hydroxylation is 1. The van der Waals surface area contributed by atoms with E-state index >= 15 is 0 Å². The van der Waals surface area contributed by atoms with Crippen molar-refractivity contribution in [3.05, 3.63) is 18.7 Å². The molecule has 0 saturated carbocycles. The topological polar surface area (TPSA) is 84.4 Å². The molecule has 106 valence electrons. The van der Waals surface area contributed by atoms with E-state index in [4.69, 9.17) is 9.84 Å². The number of alkyl carbamates (subject to hydrolysis) is 1. The number of nitrogens with one attached hydrogen (secondary N) is 1. The molecule has 0 aliphatic carbocycles. The van der Waals surface area contributed by atoms with E-state index in [9.17, 15) is 9.59 Å². The number of carbonyl (C=O) groups is 2. The zero-order valence-corrected chi connectivity index (χ0v) is 11.6. The third kappa shape index (κ3) is 5.41. The Morgan fingerprint density at radius 1 is 1.47 bits per heavy atom. The summed E-state index contributed by atoms with van der Waals surface area (Å²) in [6, 6.07) is -1.04. The van der Waals surface area contributed by atoms with Crippen molar-refractivity contribution in [3.63, 3.8) is 0 Å². The van der Waals surface area contributed by atoms with Crippen LogP contribution >= 0.6 is 0 Å². The fourth-order valence-electron chi connectivity index (χ4n) is 1.46. The van der Waals surface area contributed by atoms with Crippen LogP contribution in [0.2, 0.25) is 0 Å². The van der Waals surface area contributed by atoms with E-state index in [1.807, 2.05) is 7.05 Å². The van der Waals surface area contributed by atoms with Crippen LogP contribution in [-0.2, 0) is 23.1 Å². The number of carboxylic acids is 1. The molecule has 2 N–H and O–H groups in total. The number of rotatable bonds is 4. The Bertz CT molecular complexity index is 462. The molecule has 1 rings (SSSR count). The molecule has 19 heavy (non-hydrogen) atoms. The average molecular weight is 270 g/mol. The van der Waals surface area contributed by atoms with Crippen LogP contribution in [0.5, 0.6) is 0 Å². The van der Waals surface area contributed by atoms with Gasteiger partial charge in [0.1, 0.15) is 24.5 Å². The van der Waals surface area contributed by atoms with E-state index in [-0.39, 0.29) is 6.54 Å². The van der Waals surface area contributed by atoms with Crippen LogP contribution in [0, 0.1) is 0 Å². The van der Waals surface area contributed by atoms with Gasteiger partial charge in [0.15, 0.2) is 6.04 Å². The second-order valence-electron chi connectivity index (χ2n) is 5.31. The van der Waals surface area contributed by atoms with Gasteiger partial charge in [-0.2, -0.15) is 0 Å². The number of ether oxygens (including phenoxy) is 1. The minimum Gasteiger partial charge on any atom is -0.480 e. The van der Waals surface area contributed by atoms with Crippen LogP contribution in [-0.4, -0.2) is 33.4 Å². The van der Waals surface area contributed by atoms with Gasteiger partial charge in [-0.15, -0.1) is 0 Å². The van der Waals surface area contributed by atoms with Crippen molar-refractivity contribution in [1.29, 1.82) is 0 Å². The first-order chi connectivity index (χ1) is 8.67. The molecule has 1 atom stereocenters. The lowest BCUT2D eigenvalue weighted by atomic mass is 10.2. The number of imidazole rings is 1. The Hall–Kier alpha value is -2.05. The Morgan fingerprint density at radius 2 is 2.11 bits per heavy atom. The Morgan fingerprint density at radius 3 is 2.53 bits per heavy atom. The highest BCUT2D eigenvalue weighted by molar-refractivity contribution is 5.79. The summed E-state index contributed by atoms with van der Waals surface area (Å²) >= 11 is 0. The fraction of sp³-hybridized carbons (Fsp3) is 0.583. The lowest BCUT2D eigenvalue weighted by Crippen LogP contribution is -2.45. The van der Waals surface area contributed by atoms with Crippen molar-refractivity contribution >= 4 is 12.1 Å². The average Bonchev–Trinajstić information content (AvgIpc) is 2.60. The van der Waals surface area contributed by atoms with Crippen molar-refractivity contribution in [3.8, 4) is 0 Å². The van der Waals surface area contributed by atoms with Gasteiger partial charge in [-0.25, -0.2) is 18.7 Å². The molecule has 1 heterocycles. The second-order valence-corrected chi connectivity index (χ2v) is 5.31. The second kappa shape index (κ2) is 5.73. The van der Waals surface area contributed by atoms with Crippen molar-refractivity contribution in [2.45, 2.75) is 39.0 Å². The lowest BCUT2D eigenvalue weighted by molar-refractivity contribution is -0.671. The van der Waals surface area contributed by atoms with Gasteiger partial charge >= 0.3 is 12.1 Å². The molecule has 0 aromatic carbocycles. The van der Waals surface area contributed by atoms with Crippen molar-refractivity contribution in [1.82, 2.24) is 9.88 Å². The maximum absolute atomic E-state index is 11.6. The summed E-state index contributed by atoms with van der Waals surface area (Å²) in [5.74, 6) is -1.11. The molecule has 1 aromatic rings. The normalized spacial score (nSPS) is 12.8. The van der Waals surface area contributed by atoms with Crippen LogP contribution in [0.3, 0.4) is 0 Å². The number of hydrogen-bond acceptors (Lipinski definition) is 3. The Kier molecular flexibility index (Phi) is 4.52. The van der Waals surface area contributed by atoms with Crippen LogP contribution in [0.25, 0.3) is 0 Å². The van der Waals surface area contributed by atoms with Crippen LogP contribution in [0.15, 0.2) is 18.7 Å². The predicted molar refractivity (Wildman–Crippen MR) is 66.4 cm³/mol. The summed E-state index contributed by atoms with van der Waals surface area (Å²) in [5.41, 5.74) is -0.660. The zero-order valence-electron chi connectivity index (χ0n) is 11.6. The van der Waals surface area contributed by atoms with Gasteiger partial charge in [0, 0.05) is 0 Å². The van der Waals surface area contributed by atoms with Gasteiger partial charge in [0.05, 0.1) is 7.05 Å². The summed E-state index contributed by atoms with van der Waals surface area (Å²) in [4.78, 5) is 22.7. The number of aliphatic carboxylic acids is 1. The van der Waals surface area contributed by atoms with E-state index in [2.05, 4.69) is 5.32 Å². The fourth-order valence-corrected chi connectivity index (χ4v) is 1.46. The SMILES string of the molecule is C[n+]1ccn(C[C@H](NC(=O)OC(C)(C)C)C(=O)O)c1. The molecule has 1 amide bonds. The number of hydrogen-bond donors (Lipinski definition) is 2. The maximum atomic E-state index is 11.6. The minimum absolute atomic E-state index is 0.134. The first-order valence-corrected chi connectivity index (χ1v) is 5.91. The van der Waals surface area contributed by atoms with Gasteiger partial charge < -0.3 is 15.2 Å². The molecule has 1 aromatic heterocycles. The highest BCUT2D eigenvalue weighted by Crippen LogP contribution is 2.07. The highest BCUT2D eigenvalue weighted by Gasteiger charge is 2.25. The van der Waals surface area contributed by atoms with E-state index < -0.39 is 23.7 Å². The molecule has 0 spiro atoms. The standard InChI is InChI=1S/C12H19N3O4/c1-12(2,3)19-11(18)13-9(10(16)17)7-15-6-5-14(4)8-15/h5-6,8-9H,7H2,1-4H3,(H-,13,16,17,18)/p+1/t9-/m0/s1. The van der Waals surface area contributed by atoms with Crippen LogP contribution < -0.4 is 9.88 Å². The smallest absolute Gasteiger partial charge is 0.408 e. The van der Waals surface area contributed by atoms with Gasteiger partial charge in [-0.1, -0.05) is 0 Å². The van der Waals surface area contributed by atoms with Crippen molar-refractivity contribution in [2.75, 3.05) is 0 Å². The molecule has 0 saturated heterocycles. The zero-order chi connectivity index (χ0) is 14.6. The van der Waals surface area contributed by atoms with Gasteiger partial charge in [-0.3, -0.25) is 0 Å². The van der Waals surface area contributed by atoms with Gasteiger partial charge in [0.25, 0.3) is 0 Å². The summed E-state index contributed by atoms with van der Waals surface area (Å²) in [6.07, 6.45) is 4.50. The van der Waals surface area contributed by atoms with E-state index in [1.165, 1.54) is 0 Å². The summed E-state index contributed by atoms with van der Waals surface area (Å²) in [7, 11) is 1.83. The number of nitrogens with zero attached hydrogens (tertiary/aromatic N) is 2. The molecule has 0 fully saturated rings. The van der Waals surface area contributed by atoms with Crippen molar-refractivity contribution in [2.24, 2.45) is 7.05 Å². The monoisotopic (exact) mass is 270 g/mol. The van der Waals surface area contributed by atoms with Crippen LogP contribution in [0.1, 0.15) is 20.8 Å². The van der Waals surface area contributed by atoms with Gasteiger partial charge in [0.2, 0.25) is 6.33 Å². The van der Waals surface area contributed by atoms with E-state index in [0.717, 1.165) is 0 Å². The first-order valence-electron chi connectivity index (χ1n) is 5.91. The number of carboxylic acid groups (broad SMARTS) is 1. The molecule has 0 unspecified atom stereocenters. The molecule has 0 radical (unpaired) electrons. The summed E-state index contributed by atoms with van der Waals surface area (Å²) in [5, 5.41) is 11.4. The Labute approximate surface area is 111 Å². The van der Waals surface area contributed by atoms with E-state index in [0.29, 0.717) is 0 Å². The third-order valence-corrected chi connectivity index (χ3v) is 2.21. The van der Waals surface area contributed by atoms with E-state index in [1.54, 1.807) is 48.6 Å². The van der Waals surface area contributed by atoms with Crippen LogP contribution in [0.4, 0.5) is 4.79 Å². The molecule has 0 aliphatic rings. The molecule has 7 nitrogen and oxygen atoms in total. The largest absolute Gasteiger partial charge is 0.480 e. The lowest BCUT2D eigenvalue weighted by Gasteiger charge is -2.21. The maximum Gasteiger partial charge on any atom is 0.408 e. The summed E-state index contributed by atoms with van der Waals surface area (Å²) in [6.45, 7) is 5.28. The number of amides is 1. The quantitative estimate of drug-likeness (QED) is 0.770. The Balaban J connectivity index is 2.63. The molecule has 7 heteroatoms.